The van der Waals surface area contributed by atoms with Crippen LogP contribution in [-0.2, 0) is 0 Å². The van der Waals surface area contributed by atoms with Gasteiger partial charge in [-0.2, -0.15) is 0 Å². The molecule has 0 aliphatic rings. The second kappa shape index (κ2) is 9.63. The van der Waals surface area contributed by atoms with E-state index in [1.807, 2.05) is 30.3 Å². The quantitative estimate of drug-likeness (QED) is 0.388. The number of hydrogen-bond acceptors (Lipinski definition) is 5. The Labute approximate surface area is 189 Å². The lowest BCUT2D eigenvalue weighted by molar-refractivity contribution is -0.365. The predicted octanol–water partition coefficient (Wildman–Crippen LogP) is 4.03. The maximum Gasteiger partial charge on any atom is 0.381 e. The first-order chi connectivity index (χ1) is 15.6. The van der Waals surface area contributed by atoms with Crippen molar-refractivity contribution in [3.63, 3.8) is 0 Å². The Bertz CT molecular complexity index is 1250. The van der Waals surface area contributed by atoms with Gasteiger partial charge in [0.2, 0.25) is 12.1 Å². The Morgan fingerprint density at radius 1 is 0.938 bits per heavy atom. The van der Waals surface area contributed by atoms with Crippen LogP contribution in [0.25, 0.3) is 11.3 Å². The average molecular weight is 444 g/mol. The number of carbonyl (C=O) groups is 1. The van der Waals surface area contributed by atoms with E-state index in [-0.39, 0.29) is 4.99 Å². The van der Waals surface area contributed by atoms with E-state index in [4.69, 9.17) is 22.7 Å². The van der Waals surface area contributed by atoms with Crippen molar-refractivity contribution in [2.75, 3.05) is 10.6 Å². The number of nitrogens with zero attached hydrogens (tertiary/aromatic N) is 2. The predicted molar refractivity (Wildman–Crippen MR) is 126 cm³/mol. The number of amides is 2. The second-order valence-electron chi connectivity index (χ2n) is 6.66. The van der Waals surface area contributed by atoms with Crippen LogP contribution in [0.5, 0.6) is 11.5 Å². The Hall–Kier alpha value is -4.37. The second-order valence-corrected chi connectivity index (χ2v) is 7.10. The molecule has 0 spiro atoms. The monoisotopic (exact) mass is 443 g/mol. The van der Waals surface area contributed by atoms with Crippen molar-refractivity contribution in [3.05, 3.63) is 91.0 Å². The summed E-state index contributed by atoms with van der Waals surface area (Å²) in [6.45, 7) is 0. The van der Waals surface area contributed by atoms with Gasteiger partial charge in [-0.05, 0) is 30.3 Å². The summed E-state index contributed by atoms with van der Waals surface area (Å²) in [7, 11) is 0. The fourth-order valence-corrected chi connectivity index (χ4v) is 2.97. The van der Waals surface area contributed by atoms with Crippen molar-refractivity contribution < 1.29 is 14.5 Å². The zero-order chi connectivity index (χ0) is 22.3. The molecule has 2 amide bonds. The van der Waals surface area contributed by atoms with Gasteiger partial charge in [0.05, 0.1) is 6.07 Å². The zero-order valence-electron chi connectivity index (χ0n) is 16.8. The van der Waals surface area contributed by atoms with Gasteiger partial charge in [0, 0.05) is 23.5 Å². The Balaban J connectivity index is 1.37. The highest BCUT2D eigenvalue weighted by Crippen LogP contribution is 2.23. The van der Waals surface area contributed by atoms with Gasteiger partial charge >= 0.3 is 6.03 Å². The fraction of sp³-hybridized carbons (Fsp3) is 0. The first-order valence-electron chi connectivity index (χ1n) is 9.62. The lowest BCUT2D eigenvalue weighted by Crippen LogP contribution is -2.24. The average Bonchev–Trinajstić information content (AvgIpc) is 2.81. The van der Waals surface area contributed by atoms with E-state index in [0.29, 0.717) is 28.7 Å². The van der Waals surface area contributed by atoms with Crippen LogP contribution in [0.1, 0.15) is 5.69 Å². The normalized spacial score (nSPS) is 10.2. The van der Waals surface area contributed by atoms with Crippen LogP contribution in [0.15, 0.2) is 85.3 Å². The summed E-state index contributed by atoms with van der Waals surface area (Å²) in [5.41, 5.74) is 8.38. The van der Waals surface area contributed by atoms with E-state index < -0.39 is 6.03 Å². The molecule has 4 aromatic rings. The molecule has 32 heavy (non-hydrogen) atoms. The van der Waals surface area contributed by atoms with E-state index in [9.17, 15) is 4.79 Å². The molecule has 4 rings (SSSR count). The third kappa shape index (κ3) is 5.41. The minimum absolute atomic E-state index is 0.198. The number of urea groups is 1. The fourth-order valence-electron chi connectivity index (χ4n) is 2.86. The van der Waals surface area contributed by atoms with Crippen molar-refractivity contribution in [2.24, 2.45) is 5.73 Å². The highest BCUT2D eigenvalue weighted by molar-refractivity contribution is 7.80. The summed E-state index contributed by atoms with van der Waals surface area (Å²) >= 11 is 4.93. The highest BCUT2D eigenvalue weighted by Gasteiger charge is 2.11. The molecule has 2 aromatic heterocycles. The van der Waals surface area contributed by atoms with Crippen molar-refractivity contribution in [1.29, 1.82) is 0 Å². The van der Waals surface area contributed by atoms with Crippen LogP contribution >= 0.6 is 12.2 Å². The SMILES string of the molecule is NC(=S)c1cc(Oc2ccc(NC(=O)Nc3cc(-c4ccccc4)nc[nH+]3)cc2)ccn1. The summed E-state index contributed by atoms with van der Waals surface area (Å²) in [6, 6.07) is 21.4. The van der Waals surface area contributed by atoms with E-state index >= 15 is 0 Å². The summed E-state index contributed by atoms with van der Waals surface area (Å²) < 4.78 is 5.78. The van der Waals surface area contributed by atoms with Gasteiger partial charge in [-0.3, -0.25) is 10.3 Å². The van der Waals surface area contributed by atoms with Gasteiger partial charge in [-0.25, -0.2) is 15.1 Å². The summed E-state index contributed by atoms with van der Waals surface area (Å²) in [5.74, 6) is 1.66. The van der Waals surface area contributed by atoms with Crippen LogP contribution in [0.3, 0.4) is 0 Å². The zero-order valence-corrected chi connectivity index (χ0v) is 17.6. The number of rotatable bonds is 6. The number of hydrogen-bond donors (Lipinski definition) is 3. The highest BCUT2D eigenvalue weighted by atomic mass is 32.1. The lowest BCUT2D eigenvalue weighted by Gasteiger charge is -2.08. The molecule has 0 unspecified atom stereocenters. The number of carbonyl (C=O) groups excluding carboxylic acids is 1. The topological polar surface area (TPSA) is 116 Å². The minimum atomic E-state index is -0.393. The van der Waals surface area contributed by atoms with Gasteiger partial charge in [0.1, 0.15) is 22.2 Å². The van der Waals surface area contributed by atoms with Crippen molar-refractivity contribution in [3.8, 4) is 22.8 Å². The van der Waals surface area contributed by atoms with Crippen LogP contribution in [-0.4, -0.2) is 21.0 Å². The number of nitrogens with one attached hydrogen (secondary N) is 3. The third-order valence-corrected chi connectivity index (χ3v) is 4.56. The standard InChI is InChI=1S/C23H18N6O2S/c24-22(32)20-12-18(10-11-25-20)31-17-8-6-16(7-9-17)28-23(30)29-21-13-19(26-14-27-21)15-4-2-1-3-5-15/h1-14H,(H2,24,32)(H2,26,27,28,29,30)/p+1. The number of thiocarbonyl (C=S) groups is 1. The maximum atomic E-state index is 12.4. The van der Waals surface area contributed by atoms with Crippen LogP contribution in [0, 0.1) is 0 Å². The molecule has 8 nitrogen and oxygen atoms in total. The molecular formula is C23H19N6O2S+. The maximum absolute atomic E-state index is 12.4. The lowest BCUT2D eigenvalue weighted by atomic mass is 10.1. The first-order valence-corrected chi connectivity index (χ1v) is 10.0. The number of aromatic nitrogens is 3. The number of ether oxygens (including phenoxy) is 1. The van der Waals surface area contributed by atoms with Gasteiger partial charge in [0.25, 0.3) is 0 Å². The molecule has 9 heteroatoms. The molecule has 0 bridgehead atoms. The smallest absolute Gasteiger partial charge is 0.381 e. The van der Waals surface area contributed by atoms with Crippen molar-refractivity contribution in [1.82, 2.24) is 9.97 Å². The Kier molecular flexibility index (Phi) is 6.28. The molecule has 0 saturated carbocycles. The summed E-state index contributed by atoms with van der Waals surface area (Å²) in [4.78, 5) is 23.9. The third-order valence-electron chi connectivity index (χ3n) is 4.35. The minimum Gasteiger partial charge on any atom is -0.457 e. The van der Waals surface area contributed by atoms with E-state index in [0.717, 1.165) is 11.3 Å². The summed E-state index contributed by atoms with van der Waals surface area (Å²) in [6.07, 6.45) is 3.11. The molecule has 0 fully saturated rings. The number of anilines is 2. The molecular weight excluding hydrogens is 424 g/mol. The van der Waals surface area contributed by atoms with Crippen molar-refractivity contribution >= 4 is 34.7 Å². The number of benzene rings is 2. The van der Waals surface area contributed by atoms with Gasteiger partial charge in [-0.1, -0.05) is 42.5 Å². The van der Waals surface area contributed by atoms with Crippen molar-refractivity contribution in [2.45, 2.75) is 0 Å². The first kappa shape index (κ1) is 20.9. The molecule has 0 atom stereocenters. The molecule has 2 heterocycles. The van der Waals surface area contributed by atoms with Crippen LogP contribution < -0.4 is 26.1 Å². The van der Waals surface area contributed by atoms with Crippen LogP contribution in [0.2, 0.25) is 0 Å². The molecule has 0 radical (unpaired) electrons. The van der Waals surface area contributed by atoms with E-state index in [1.165, 1.54) is 6.33 Å². The number of aromatic amines is 1. The number of H-pyrrole nitrogens is 1. The Morgan fingerprint density at radius 3 is 2.47 bits per heavy atom. The Morgan fingerprint density at radius 2 is 1.72 bits per heavy atom. The van der Waals surface area contributed by atoms with E-state index in [1.54, 1.807) is 48.7 Å². The number of nitrogens with two attached hydrogens (primary N) is 1. The van der Waals surface area contributed by atoms with Gasteiger partial charge in [-0.15, -0.1) is 4.98 Å². The largest absolute Gasteiger partial charge is 0.457 e. The van der Waals surface area contributed by atoms with Crippen LogP contribution in [0.4, 0.5) is 16.3 Å². The molecule has 2 aromatic carbocycles. The number of pyridine rings is 1. The molecule has 0 aliphatic carbocycles. The van der Waals surface area contributed by atoms with Gasteiger partial charge < -0.3 is 10.5 Å². The summed E-state index contributed by atoms with van der Waals surface area (Å²) in [5, 5.41) is 5.54. The molecule has 0 saturated heterocycles. The van der Waals surface area contributed by atoms with E-state index in [2.05, 4.69) is 25.6 Å². The molecule has 5 N–H and O–H groups in total. The molecule has 158 valence electrons. The van der Waals surface area contributed by atoms with Gasteiger partial charge in [0.15, 0.2) is 5.69 Å². The molecule has 0 aliphatic heterocycles.